The normalized spacial score (nSPS) is 17.2. The molecule has 0 aliphatic carbocycles. The molecular formula is C18H18F3N5O2S. The average Bonchev–Trinajstić information content (AvgIpc) is 3.44. The van der Waals surface area contributed by atoms with Crippen LogP contribution in [-0.4, -0.2) is 37.3 Å². The summed E-state index contributed by atoms with van der Waals surface area (Å²) in [5, 5.41) is 15.5. The number of rotatable bonds is 5. The van der Waals surface area contributed by atoms with Gasteiger partial charge in [0.2, 0.25) is 17.7 Å². The molecule has 0 bridgehead atoms. The first-order valence-corrected chi connectivity index (χ1v) is 10.0. The van der Waals surface area contributed by atoms with Crippen LogP contribution in [0.2, 0.25) is 0 Å². The third-order valence-electron chi connectivity index (χ3n) is 4.88. The van der Waals surface area contributed by atoms with Crippen LogP contribution < -0.4 is 0 Å². The van der Waals surface area contributed by atoms with Crippen LogP contribution in [-0.2, 0) is 17.5 Å². The van der Waals surface area contributed by atoms with Crippen molar-refractivity contribution >= 4 is 17.2 Å². The van der Waals surface area contributed by atoms with E-state index in [1.807, 2.05) is 16.8 Å². The van der Waals surface area contributed by atoms with E-state index in [1.165, 1.54) is 22.9 Å². The molecule has 154 valence electrons. The minimum Gasteiger partial charge on any atom is -0.418 e. The number of aryl methyl sites for hydroxylation is 2. The largest absolute Gasteiger partial charge is 0.435 e. The van der Waals surface area contributed by atoms with Gasteiger partial charge in [0, 0.05) is 36.1 Å². The lowest BCUT2D eigenvalue weighted by molar-refractivity contribution is -0.141. The number of carbonyl (C=O) groups is 1. The van der Waals surface area contributed by atoms with Crippen LogP contribution in [0, 0.1) is 6.92 Å². The Bertz CT molecular complexity index is 996. The van der Waals surface area contributed by atoms with E-state index in [4.69, 9.17) is 4.42 Å². The number of hydrogen-bond donors (Lipinski definition) is 0. The highest BCUT2D eigenvalue weighted by molar-refractivity contribution is 7.08. The van der Waals surface area contributed by atoms with Crippen molar-refractivity contribution in [2.45, 2.75) is 44.9 Å². The van der Waals surface area contributed by atoms with Crippen LogP contribution in [0.4, 0.5) is 13.2 Å². The molecule has 0 spiro atoms. The average molecular weight is 425 g/mol. The second kappa shape index (κ2) is 7.62. The molecule has 3 aromatic heterocycles. The van der Waals surface area contributed by atoms with Crippen LogP contribution in [0.1, 0.15) is 42.6 Å². The lowest BCUT2D eigenvalue weighted by Gasteiger charge is -2.22. The molecule has 0 aromatic carbocycles. The summed E-state index contributed by atoms with van der Waals surface area (Å²) < 4.78 is 45.4. The summed E-state index contributed by atoms with van der Waals surface area (Å²) in [7, 11) is 0. The number of nitrogens with zero attached hydrogens (tertiary/aromatic N) is 5. The topological polar surface area (TPSA) is 77.1 Å². The Balaban J connectivity index is 1.43. The molecule has 1 fully saturated rings. The molecule has 1 aliphatic heterocycles. The molecular weight excluding hydrogens is 407 g/mol. The molecule has 29 heavy (non-hydrogen) atoms. The summed E-state index contributed by atoms with van der Waals surface area (Å²) in [6, 6.07) is 2.54. The zero-order valence-electron chi connectivity index (χ0n) is 15.5. The highest BCUT2D eigenvalue weighted by atomic mass is 32.1. The molecule has 1 saturated heterocycles. The number of amides is 1. The highest BCUT2D eigenvalue weighted by Gasteiger charge is 2.35. The van der Waals surface area contributed by atoms with E-state index in [0.29, 0.717) is 30.4 Å². The summed E-state index contributed by atoms with van der Waals surface area (Å²) in [5.74, 6) is 0.616. The Morgan fingerprint density at radius 3 is 2.90 bits per heavy atom. The molecule has 0 N–H and O–H groups in total. The maximum Gasteiger partial charge on any atom is 0.435 e. The monoisotopic (exact) mass is 425 g/mol. The number of halogens is 3. The Morgan fingerprint density at radius 2 is 2.21 bits per heavy atom. The van der Waals surface area contributed by atoms with Gasteiger partial charge in [-0.15, -0.1) is 10.2 Å². The molecule has 7 nitrogen and oxygen atoms in total. The molecule has 11 heteroatoms. The summed E-state index contributed by atoms with van der Waals surface area (Å²) in [4.78, 5) is 14.4. The number of thiophene rings is 1. The first-order valence-electron chi connectivity index (χ1n) is 9.10. The molecule has 0 unspecified atom stereocenters. The van der Waals surface area contributed by atoms with Gasteiger partial charge in [-0.1, -0.05) is 0 Å². The van der Waals surface area contributed by atoms with E-state index in [9.17, 15) is 18.0 Å². The van der Waals surface area contributed by atoms with E-state index >= 15 is 0 Å². The number of carbonyl (C=O) groups excluding carboxylic acids is 1. The fourth-order valence-electron chi connectivity index (χ4n) is 3.41. The minimum absolute atomic E-state index is 0.0435. The van der Waals surface area contributed by atoms with Crippen molar-refractivity contribution in [2.24, 2.45) is 0 Å². The molecule has 3 aromatic rings. The third-order valence-corrected chi connectivity index (χ3v) is 5.56. The van der Waals surface area contributed by atoms with Crippen LogP contribution >= 0.6 is 11.3 Å². The fourth-order valence-corrected chi connectivity index (χ4v) is 4.04. The first kappa shape index (κ1) is 19.6. The summed E-state index contributed by atoms with van der Waals surface area (Å²) in [5.41, 5.74) is 0.243. The van der Waals surface area contributed by atoms with E-state index in [2.05, 4.69) is 15.3 Å². The van der Waals surface area contributed by atoms with Gasteiger partial charge < -0.3 is 9.32 Å². The first-order chi connectivity index (χ1) is 13.8. The van der Waals surface area contributed by atoms with Crippen LogP contribution in [0.3, 0.4) is 0 Å². The Hall–Kier alpha value is -2.69. The van der Waals surface area contributed by atoms with Gasteiger partial charge in [-0.05, 0) is 37.3 Å². The number of aromatic nitrogens is 4. The Morgan fingerprint density at radius 1 is 1.38 bits per heavy atom. The summed E-state index contributed by atoms with van der Waals surface area (Å²) >= 11 is 1.52. The maximum absolute atomic E-state index is 12.8. The molecule has 1 atom stereocenters. The van der Waals surface area contributed by atoms with Gasteiger partial charge in [-0.2, -0.15) is 29.6 Å². The van der Waals surface area contributed by atoms with Crippen molar-refractivity contribution in [1.29, 1.82) is 0 Å². The van der Waals surface area contributed by atoms with Crippen molar-refractivity contribution in [3.63, 3.8) is 0 Å². The van der Waals surface area contributed by atoms with Crippen molar-refractivity contribution < 1.29 is 22.4 Å². The summed E-state index contributed by atoms with van der Waals surface area (Å²) in [6.45, 7) is 2.16. The van der Waals surface area contributed by atoms with Gasteiger partial charge in [0.1, 0.15) is 6.04 Å². The zero-order chi connectivity index (χ0) is 20.6. The van der Waals surface area contributed by atoms with Gasteiger partial charge in [-0.3, -0.25) is 9.48 Å². The molecule has 4 rings (SSSR count). The van der Waals surface area contributed by atoms with Gasteiger partial charge in [0.25, 0.3) is 0 Å². The SMILES string of the molecule is Cc1cc(C(F)(F)F)nn1CCC(=O)N1CCC[C@@H]1c1nnc(-c2ccsc2)o1. The second-order valence-corrected chi connectivity index (χ2v) is 7.62. The predicted molar refractivity (Wildman–Crippen MR) is 97.9 cm³/mol. The van der Waals surface area contributed by atoms with Crippen molar-refractivity contribution in [3.8, 4) is 11.5 Å². The molecule has 0 radical (unpaired) electrons. The van der Waals surface area contributed by atoms with E-state index in [1.54, 1.807) is 4.90 Å². The number of likely N-dealkylation sites (tertiary alicyclic amines) is 1. The van der Waals surface area contributed by atoms with E-state index in [-0.39, 0.29) is 24.9 Å². The quantitative estimate of drug-likeness (QED) is 0.616. The van der Waals surface area contributed by atoms with E-state index < -0.39 is 11.9 Å². The Kier molecular flexibility index (Phi) is 5.15. The van der Waals surface area contributed by atoms with Crippen molar-refractivity contribution in [2.75, 3.05) is 6.54 Å². The van der Waals surface area contributed by atoms with Gasteiger partial charge in [-0.25, -0.2) is 0 Å². The lowest BCUT2D eigenvalue weighted by atomic mass is 10.2. The molecule has 4 heterocycles. The molecule has 1 aliphatic rings. The minimum atomic E-state index is -4.50. The van der Waals surface area contributed by atoms with Crippen LogP contribution in [0.5, 0.6) is 0 Å². The van der Waals surface area contributed by atoms with Crippen LogP contribution in [0.25, 0.3) is 11.5 Å². The van der Waals surface area contributed by atoms with Gasteiger partial charge in [0.05, 0.1) is 0 Å². The standard InChI is InChI=1S/C18H18F3N5O2S/c1-11-9-14(18(19,20)21)24-26(11)7-4-15(27)25-6-2-3-13(25)17-23-22-16(28-17)12-5-8-29-10-12/h5,8-10,13H,2-4,6-7H2,1H3/t13-/m1/s1. The van der Waals surface area contributed by atoms with Crippen molar-refractivity contribution in [1.82, 2.24) is 24.9 Å². The van der Waals surface area contributed by atoms with Crippen LogP contribution in [0.15, 0.2) is 27.3 Å². The maximum atomic E-state index is 12.8. The lowest BCUT2D eigenvalue weighted by Crippen LogP contribution is -2.31. The van der Waals surface area contributed by atoms with Gasteiger partial charge >= 0.3 is 6.18 Å². The molecule has 1 amide bonds. The number of hydrogen-bond acceptors (Lipinski definition) is 6. The zero-order valence-corrected chi connectivity index (χ0v) is 16.3. The second-order valence-electron chi connectivity index (χ2n) is 6.84. The third kappa shape index (κ3) is 4.04. The van der Waals surface area contributed by atoms with Crippen molar-refractivity contribution in [3.05, 3.63) is 40.2 Å². The number of alkyl halides is 3. The molecule has 0 saturated carbocycles. The Labute approximate surface area is 168 Å². The fraction of sp³-hybridized carbons (Fsp3) is 0.444. The highest BCUT2D eigenvalue weighted by Crippen LogP contribution is 2.33. The smallest absolute Gasteiger partial charge is 0.418 e. The predicted octanol–water partition coefficient (Wildman–Crippen LogP) is 4.08. The summed E-state index contributed by atoms with van der Waals surface area (Å²) in [6.07, 6.45) is -2.96. The van der Waals surface area contributed by atoms with Gasteiger partial charge in [0.15, 0.2) is 5.69 Å². The van der Waals surface area contributed by atoms with E-state index in [0.717, 1.165) is 18.1 Å².